The minimum absolute atomic E-state index is 0.0450. The summed E-state index contributed by atoms with van der Waals surface area (Å²) in [7, 11) is 0. The van der Waals surface area contributed by atoms with Gasteiger partial charge in [0.25, 0.3) is 0 Å². The lowest BCUT2D eigenvalue weighted by Crippen LogP contribution is -2.14. The topological polar surface area (TPSA) is 64.6 Å². The second-order valence-electron chi connectivity index (χ2n) is 6.14. The Morgan fingerprint density at radius 1 is 1.08 bits per heavy atom. The predicted octanol–water partition coefficient (Wildman–Crippen LogP) is 3.58. The van der Waals surface area contributed by atoms with Gasteiger partial charge in [0.15, 0.2) is 0 Å². The van der Waals surface area contributed by atoms with Crippen molar-refractivity contribution >= 4 is 17.6 Å². The van der Waals surface area contributed by atoms with Gasteiger partial charge in [0.05, 0.1) is 5.56 Å². The van der Waals surface area contributed by atoms with Crippen LogP contribution in [0.2, 0.25) is 0 Å². The number of hydrogen-bond acceptors (Lipinski definition) is 4. The molecule has 1 amide bonds. The van der Waals surface area contributed by atoms with Gasteiger partial charge >= 0.3 is 5.97 Å². The number of amides is 1. The smallest absolute Gasteiger partial charge is 0.338 e. The van der Waals surface area contributed by atoms with Gasteiger partial charge in [-0.3, -0.25) is 4.79 Å². The first kappa shape index (κ1) is 17.0. The van der Waals surface area contributed by atoms with E-state index in [0.29, 0.717) is 17.9 Å². The first-order valence-electron chi connectivity index (χ1n) is 8.39. The molecule has 1 N–H and O–H groups in total. The summed E-state index contributed by atoms with van der Waals surface area (Å²) >= 11 is 0. The number of carbonyl (C=O) groups excluding carboxylic acids is 2. The summed E-state index contributed by atoms with van der Waals surface area (Å²) in [5, 5.41) is 2.83. The lowest BCUT2D eigenvalue weighted by molar-refractivity contribution is -0.117. The SMILES string of the molecule is Cc1cccc(OCCOC(=O)c2ccc(NC(=O)C3CC3)cc2)c1. The van der Waals surface area contributed by atoms with Gasteiger partial charge in [-0.25, -0.2) is 4.79 Å². The maximum Gasteiger partial charge on any atom is 0.338 e. The Balaban J connectivity index is 1.42. The zero-order valence-corrected chi connectivity index (χ0v) is 14.2. The molecule has 5 nitrogen and oxygen atoms in total. The monoisotopic (exact) mass is 339 g/mol. The highest BCUT2D eigenvalue weighted by atomic mass is 16.6. The van der Waals surface area contributed by atoms with E-state index >= 15 is 0 Å². The second-order valence-corrected chi connectivity index (χ2v) is 6.14. The van der Waals surface area contributed by atoms with Gasteiger partial charge in [0.2, 0.25) is 5.91 Å². The van der Waals surface area contributed by atoms with Gasteiger partial charge in [-0.1, -0.05) is 12.1 Å². The Bertz CT molecular complexity index is 751. The summed E-state index contributed by atoms with van der Waals surface area (Å²) in [6.45, 7) is 2.46. The molecule has 1 aliphatic rings. The standard InChI is InChI=1S/C20H21NO4/c1-14-3-2-4-18(13-14)24-11-12-25-20(23)16-7-9-17(10-8-16)21-19(22)15-5-6-15/h2-4,7-10,13,15H,5-6,11-12H2,1H3,(H,21,22). The molecule has 1 fully saturated rings. The number of esters is 1. The van der Waals surface area contributed by atoms with Crippen molar-refractivity contribution in [1.29, 1.82) is 0 Å². The van der Waals surface area contributed by atoms with Gasteiger partial charge in [-0.15, -0.1) is 0 Å². The van der Waals surface area contributed by atoms with Crippen LogP contribution in [0.15, 0.2) is 48.5 Å². The van der Waals surface area contributed by atoms with E-state index in [9.17, 15) is 9.59 Å². The lowest BCUT2D eigenvalue weighted by atomic mass is 10.2. The molecule has 5 heteroatoms. The normalized spacial score (nSPS) is 13.2. The van der Waals surface area contributed by atoms with E-state index in [1.807, 2.05) is 31.2 Å². The highest BCUT2D eigenvalue weighted by Crippen LogP contribution is 2.30. The molecule has 1 saturated carbocycles. The Morgan fingerprint density at radius 2 is 1.84 bits per heavy atom. The van der Waals surface area contributed by atoms with Crippen molar-refractivity contribution in [2.45, 2.75) is 19.8 Å². The van der Waals surface area contributed by atoms with Gasteiger partial charge < -0.3 is 14.8 Å². The molecule has 0 unspecified atom stereocenters. The fourth-order valence-electron chi connectivity index (χ4n) is 2.36. The predicted molar refractivity (Wildman–Crippen MR) is 94.8 cm³/mol. The summed E-state index contributed by atoms with van der Waals surface area (Å²) in [5.41, 5.74) is 2.25. The van der Waals surface area contributed by atoms with E-state index in [1.54, 1.807) is 24.3 Å². The number of anilines is 1. The van der Waals surface area contributed by atoms with Crippen LogP contribution in [0.3, 0.4) is 0 Å². The number of rotatable bonds is 7. The van der Waals surface area contributed by atoms with Crippen LogP contribution in [0.4, 0.5) is 5.69 Å². The number of ether oxygens (including phenoxy) is 2. The van der Waals surface area contributed by atoms with Crippen molar-refractivity contribution in [3.05, 3.63) is 59.7 Å². The highest BCUT2D eigenvalue weighted by Gasteiger charge is 2.29. The van der Waals surface area contributed by atoms with Gasteiger partial charge in [0.1, 0.15) is 19.0 Å². The zero-order chi connectivity index (χ0) is 17.6. The van der Waals surface area contributed by atoms with Crippen LogP contribution in [0, 0.1) is 12.8 Å². The Kier molecular flexibility index (Phi) is 5.33. The van der Waals surface area contributed by atoms with Crippen LogP contribution in [0.25, 0.3) is 0 Å². The van der Waals surface area contributed by atoms with Crippen LogP contribution in [0.1, 0.15) is 28.8 Å². The molecule has 2 aromatic carbocycles. The number of carbonyl (C=O) groups is 2. The molecule has 0 saturated heterocycles. The molecule has 130 valence electrons. The first-order valence-corrected chi connectivity index (χ1v) is 8.39. The third-order valence-electron chi connectivity index (χ3n) is 3.91. The minimum Gasteiger partial charge on any atom is -0.490 e. The van der Waals surface area contributed by atoms with Crippen molar-refractivity contribution < 1.29 is 19.1 Å². The van der Waals surface area contributed by atoms with Gasteiger partial charge in [0, 0.05) is 11.6 Å². The van der Waals surface area contributed by atoms with Crippen molar-refractivity contribution in [2.24, 2.45) is 5.92 Å². The van der Waals surface area contributed by atoms with E-state index < -0.39 is 5.97 Å². The average Bonchev–Trinajstić information content (AvgIpc) is 3.44. The van der Waals surface area contributed by atoms with Crippen LogP contribution in [-0.4, -0.2) is 25.1 Å². The largest absolute Gasteiger partial charge is 0.490 e. The summed E-state index contributed by atoms with van der Waals surface area (Å²) in [5.74, 6) is 0.543. The third-order valence-corrected chi connectivity index (χ3v) is 3.91. The van der Waals surface area contributed by atoms with Crippen LogP contribution in [-0.2, 0) is 9.53 Å². The van der Waals surface area contributed by atoms with Crippen molar-refractivity contribution in [3.8, 4) is 5.75 Å². The van der Waals surface area contributed by atoms with Crippen molar-refractivity contribution in [3.63, 3.8) is 0 Å². The maximum absolute atomic E-state index is 12.0. The fourth-order valence-corrected chi connectivity index (χ4v) is 2.36. The Hall–Kier alpha value is -2.82. The van der Waals surface area contributed by atoms with Gasteiger partial charge in [-0.2, -0.15) is 0 Å². The quantitative estimate of drug-likeness (QED) is 0.618. The molecule has 0 radical (unpaired) electrons. The third kappa shape index (κ3) is 5.08. The molecule has 0 spiro atoms. The lowest BCUT2D eigenvalue weighted by Gasteiger charge is -2.09. The van der Waals surface area contributed by atoms with E-state index in [2.05, 4.69) is 5.32 Å². The van der Waals surface area contributed by atoms with E-state index in [-0.39, 0.29) is 18.4 Å². The van der Waals surface area contributed by atoms with E-state index in [4.69, 9.17) is 9.47 Å². The molecule has 0 aromatic heterocycles. The molecule has 1 aliphatic carbocycles. The summed E-state index contributed by atoms with van der Waals surface area (Å²) in [6, 6.07) is 14.4. The second kappa shape index (κ2) is 7.83. The molecule has 0 bridgehead atoms. The fraction of sp³-hybridized carbons (Fsp3) is 0.300. The molecule has 0 aliphatic heterocycles. The average molecular weight is 339 g/mol. The van der Waals surface area contributed by atoms with Crippen molar-refractivity contribution in [1.82, 2.24) is 0 Å². The molecule has 2 aromatic rings. The Morgan fingerprint density at radius 3 is 2.52 bits per heavy atom. The summed E-state index contributed by atoms with van der Waals surface area (Å²) < 4.78 is 10.7. The highest BCUT2D eigenvalue weighted by molar-refractivity contribution is 5.95. The zero-order valence-electron chi connectivity index (χ0n) is 14.2. The van der Waals surface area contributed by atoms with Gasteiger partial charge in [-0.05, 0) is 61.7 Å². The molecular weight excluding hydrogens is 318 g/mol. The summed E-state index contributed by atoms with van der Waals surface area (Å²) in [4.78, 5) is 23.7. The number of aryl methyl sites for hydroxylation is 1. The number of nitrogens with one attached hydrogen (secondary N) is 1. The van der Waals surface area contributed by atoms with E-state index in [0.717, 1.165) is 24.2 Å². The summed E-state index contributed by atoms with van der Waals surface area (Å²) in [6.07, 6.45) is 1.92. The first-order chi connectivity index (χ1) is 12.1. The van der Waals surface area contributed by atoms with E-state index in [1.165, 1.54) is 0 Å². The maximum atomic E-state index is 12.0. The molecule has 3 rings (SSSR count). The number of benzene rings is 2. The molecule has 25 heavy (non-hydrogen) atoms. The van der Waals surface area contributed by atoms with Crippen LogP contribution >= 0.6 is 0 Å². The minimum atomic E-state index is -0.409. The van der Waals surface area contributed by atoms with Crippen LogP contribution < -0.4 is 10.1 Å². The number of hydrogen-bond donors (Lipinski definition) is 1. The molecular formula is C20H21NO4. The molecule has 0 heterocycles. The Labute approximate surface area is 147 Å². The van der Waals surface area contributed by atoms with Crippen molar-refractivity contribution in [2.75, 3.05) is 18.5 Å². The van der Waals surface area contributed by atoms with Crippen LogP contribution in [0.5, 0.6) is 5.75 Å². The molecule has 0 atom stereocenters.